The molecule has 12 heteroatoms. The van der Waals surface area contributed by atoms with E-state index in [1.54, 1.807) is 13.8 Å². The van der Waals surface area contributed by atoms with Crippen LogP contribution in [0.3, 0.4) is 0 Å². The Kier molecular flexibility index (Phi) is 8.47. The van der Waals surface area contributed by atoms with Gasteiger partial charge in [0, 0.05) is 13.0 Å². The molecule has 0 radical (unpaired) electrons. The number of hydrogen-bond acceptors (Lipinski definition) is 7. The van der Waals surface area contributed by atoms with Gasteiger partial charge in [-0.15, -0.1) is 0 Å². The number of nitrogens with zero attached hydrogens (tertiary/aromatic N) is 1. The maximum atomic E-state index is 13.3. The molecule has 35 heavy (non-hydrogen) atoms. The Morgan fingerprint density at radius 1 is 1.06 bits per heavy atom. The number of fused-ring (bicyclic) bond motifs is 2. The Morgan fingerprint density at radius 2 is 1.80 bits per heavy atom. The van der Waals surface area contributed by atoms with Crippen LogP contribution in [0.2, 0.25) is 0 Å². The van der Waals surface area contributed by atoms with Crippen molar-refractivity contribution in [1.29, 1.82) is 0 Å². The molecule has 0 spiro atoms. The normalized spacial score (nSPS) is 26.5. The van der Waals surface area contributed by atoms with Crippen molar-refractivity contribution < 1.29 is 28.4 Å². The fourth-order valence-corrected chi connectivity index (χ4v) is 4.05. The Bertz CT molecular complexity index is 989. The van der Waals surface area contributed by atoms with Crippen LogP contribution in [-0.4, -0.2) is 59.2 Å². The summed E-state index contributed by atoms with van der Waals surface area (Å²) >= 11 is 0. The van der Waals surface area contributed by atoms with Gasteiger partial charge in [-0.1, -0.05) is 13.8 Å². The quantitative estimate of drug-likeness (QED) is 0.396. The molecule has 3 rings (SSSR count). The molecule has 3 heterocycles. The topological polar surface area (TPSA) is 172 Å². The van der Waals surface area contributed by atoms with Crippen molar-refractivity contribution in [3.63, 3.8) is 0 Å². The predicted octanol–water partition coefficient (Wildman–Crippen LogP) is -0.0219. The summed E-state index contributed by atoms with van der Waals surface area (Å²) < 4.78 is 5.73. The zero-order valence-electron chi connectivity index (χ0n) is 20.5. The molecule has 0 aromatic carbocycles. The minimum atomic E-state index is -0.859. The highest BCUT2D eigenvalue weighted by Gasteiger charge is 2.33. The number of hydrogen-bond donors (Lipinski definition) is 5. The minimum Gasteiger partial charge on any atom is -0.443 e. The van der Waals surface area contributed by atoms with Gasteiger partial charge in [0.25, 0.3) is 5.91 Å². The fourth-order valence-electron chi connectivity index (χ4n) is 4.05. The molecule has 0 saturated carbocycles. The van der Waals surface area contributed by atoms with Crippen molar-refractivity contribution in [1.82, 2.24) is 31.6 Å². The first-order valence-corrected chi connectivity index (χ1v) is 12.0. The number of aromatic nitrogens is 1. The number of oxazole rings is 1. The summed E-state index contributed by atoms with van der Waals surface area (Å²) in [6.45, 7) is 7.26. The smallest absolute Gasteiger partial charge is 0.274 e. The third-order valence-electron chi connectivity index (χ3n) is 6.16. The van der Waals surface area contributed by atoms with Gasteiger partial charge >= 0.3 is 0 Å². The minimum absolute atomic E-state index is 0.0356. The van der Waals surface area contributed by atoms with Gasteiger partial charge in [-0.3, -0.25) is 24.0 Å². The lowest BCUT2D eigenvalue weighted by atomic mass is 10.0. The Morgan fingerprint density at radius 3 is 2.46 bits per heavy atom. The summed E-state index contributed by atoms with van der Waals surface area (Å²) in [4.78, 5) is 66.8. The van der Waals surface area contributed by atoms with Crippen molar-refractivity contribution in [2.75, 3.05) is 6.54 Å². The summed E-state index contributed by atoms with van der Waals surface area (Å²) in [7, 11) is 0. The van der Waals surface area contributed by atoms with E-state index >= 15 is 0 Å². The van der Waals surface area contributed by atoms with Crippen molar-refractivity contribution in [3.8, 4) is 0 Å². The van der Waals surface area contributed by atoms with Gasteiger partial charge in [0.05, 0.1) is 0 Å². The van der Waals surface area contributed by atoms with Crippen LogP contribution in [0.5, 0.6) is 0 Å². The van der Waals surface area contributed by atoms with Gasteiger partial charge in [0.2, 0.25) is 29.5 Å². The van der Waals surface area contributed by atoms with Crippen molar-refractivity contribution in [2.24, 2.45) is 5.92 Å². The molecule has 1 aromatic rings. The standard InChI is InChI=1S/C23H34N6O6/c1-11(2)17-23-29-18(13(4)35-23)22(34)25-12(3)19(31)24-10-6-5-7-14(21(33)28-17)27-20(32)15-8-9-16(30)26-15/h11-12,14-15,17H,5-10H2,1-4H3,(H,24,31)(H,25,34)(H,26,30)(H,27,32)(H,28,33)/t12-,14+,15+,17+/m1/s1. The molecule has 1 aromatic heterocycles. The van der Waals surface area contributed by atoms with Crippen LogP contribution in [0.15, 0.2) is 4.42 Å². The second-order valence-corrected chi connectivity index (χ2v) is 9.39. The van der Waals surface area contributed by atoms with E-state index in [9.17, 15) is 24.0 Å². The molecular formula is C23H34N6O6. The van der Waals surface area contributed by atoms with E-state index < -0.39 is 41.9 Å². The summed E-state index contributed by atoms with van der Waals surface area (Å²) in [6.07, 6.45) is 2.09. The van der Waals surface area contributed by atoms with Gasteiger partial charge in [-0.25, -0.2) is 4.98 Å². The molecule has 1 fully saturated rings. The van der Waals surface area contributed by atoms with Gasteiger partial charge in [-0.2, -0.15) is 0 Å². The Hall–Kier alpha value is -3.44. The summed E-state index contributed by atoms with van der Waals surface area (Å²) in [6, 6.07) is -2.96. The number of nitrogens with one attached hydrogen (secondary N) is 5. The van der Waals surface area contributed by atoms with Gasteiger partial charge in [-0.05, 0) is 45.4 Å². The van der Waals surface area contributed by atoms with E-state index in [0.717, 1.165) is 0 Å². The molecule has 1 saturated heterocycles. The molecule has 5 amide bonds. The lowest BCUT2D eigenvalue weighted by Gasteiger charge is -2.25. The zero-order valence-corrected chi connectivity index (χ0v) is 20.5. The molecule has 2 aliphatic heterocycles. The van der Waals surface area contributed by atoms with Crippen LogP contribution in [-0.2, 0) is 19.2 Å². The molecule has 0 aliphatic carbocycles. The highest BCUT2D eigenvalue weighted by atomic mass is 16.4. The fraction of sp³-hybridized carbons (Fsp3) is 0.652. The van der Waals surface area contributed by atoms with E-state index in [4.69, 9.17) is 4.42 Å². The number of carbonyl (C=O) groups is 5. The second-order valence-electron chi connectivity index (χ2n) is 9.39. The van der Waals surface area contributed by atoms with E-state index in [1.807, 2.05) is 13.8 Å². The van der Waals surface area contributed by atoms with Gasteiger partial charge < -0.3 is 31.0 Å². The van der Waals surface area contributed by atoms with Crippen molar-refractivity contribution >= 4 is 29.5 Å². The first-order valence-electron chi connectivity index (χ1n) is 12.0. The number of amides is 5. The van der Waals surface area contributed by atoms with Crippen LogP contribution in [0.4, 0.5) is 0 Å². The van der Waals surface area contributed by atoms with E-state index in [2.05, 4.69) is 31.6 Å². The third kappa shape index (κ3) is 6.58. The van der Waals surface area contributed by atoms with Crippen LogP contribution < -0.4 is 26.6 Å². The number of aryl methyl sites for hydroxylation is 1. The first-order chi connectivity index (χ1) is 16.6. The maximum Gasteiger partial charge on any atom is 0.274 e. The van der Waals surface area contributed by atoms with Crippen LogP contribution in [0.25, 0.3) is 0 Å². The maximum absolute atomic E-state index is 13.3. The molecule has 2 bridgehead atoms. The first kappa shape index (κ1) is 26.2. The van der Waals surface area contributed by atoms with Crippen molar-refractivity contribution in [2.45, 2.75) is 84.0 Å². The average Bonchev–Trinajstić information content (AvgIpc) is 3.40. The van der Waals surface area contributed by atoms with Gasteiger partial charge in [0.1, 0.15) is 29.9 Å². The van der Waals surface area contributed by atoms with Crippen molar-refractivity contribution in [3.05, 3.63) is 17.3 Å². The third-order valence-corrected chi connectivity index (χ3v) is 6.16. The highest BCUT2D eigenvalue weighted by molar-refractivity contribution is 5.97. The zero-order chi connectivity index (χ0) is 25.7. The van der Waals surface area contributed by atoms with E-state index in [-0.39, 0.29) is 41.5 Å². The molecule has 0 unspecified atom stereocenters. The summed E-state index contributed by atoms with van der Waals surface area (Å²) in [5, 5.41) is 13.7. The Balaban J connectivity index is 1.85. The van der Waals surface area contributed by atoms with E-state index in [0.29, 0.717) is 32.2 Å². The van der Waals surface area contributed by atoms with Crippen LogP contribution >= 0.6 is 0 Å². The lowest BCUT2D eigenvalue weighted by molar-refractivity contribution is -0.131. The Labute approximate surface area is 203 Å². The van der Waals surface area contributed by atoms with E-state index in [1.165, 1.54) is 0 Å². The summed E-state index contributed by atoms with van der Waals surface area (Å²) in [5.41, 5.74) is 0.0356. The molecule has 5 N–H and O–H groups in total. The molecule has 192 valence electrons. The highest BCUT2D eigenvalue weighted by Crippen LogP contribution is 2.24. The monoisotopic (exact) mass is 490 g/mol. The molecule has 12 nitrogen and oxygen atoms in total. The average molecular weight is 491 g/mol. The lowest BCUT2D eigenvalue weighted by Crippen LogP contribution is -2.52. The molecular weight excluding hydrogens is 456 g/mol. The SMILES string of the molecule is Cc1oc2nc1C(=O)N[C@H](C)C(=O)NCCCC[C@H](NC(=O)[C@@H]1CCC(=O)N1)C(=O)N[C@H]2C(C)C. The second kappa shape index (κ2) is 11.3. The summed E-state index contributed by atoms with van der Waals surface area (Å²) in [5.74, 6) is -1.65. The largest absolute Gasteiger partial charge is 0.443 e. The number of rotatable bonds is 3. The van der Waals surface area contributed by atoms with Crippen LogP contribution in [0, 0.1) is 12.8 Å². The predicted molar refractivity (Wildman–Crippen MR) is 124 cm³/mol. The number of carbonyl (C=O) groups excluding carboxylic acids is 5. The molecule has 2 aliphatic rings. The van der Waals surface area contributed by atoms with Crippen LogP contribution in [0.1, 0.15) is 81.1 Å². The van der Waals surface area contributed by atoms with Gasteiger partial charge in [0.15, 0.2) is 5.69 Å². The molecule has 4 atom stereocenters.